The quantitative estimate of drug-likeness (QED) is 0.508. The second-order valence-corrected chi connectivity index (χ2v) is 4.29. The van der Waals surface area contributed by atoms with Crippen molar-refractivity contribution >= 4 is 0 Å². The van der Waals surface area contributed by atoms with Crippen molar-refractivity contribution in [2.75, 3.05) is 19.8 Å². The molecule has 1 nitrogen and oxygen atoms in total. The first-order valence-electron chi connectivity index (χ1n) is 5.35. The van der Waals surface area contributed by atoms with E-state index in [4.69, 9.17) is 0 Å². The highest BCUT2D eigenvalue weighted by Gasteiger charge is 2.34. The van der Waals surface area contributed by atoms with Gasteiger partial charge in [-0.05, 0) is 50.1 Å². The number of hydrogen-bond acceptors (Lipinski definition) is 1. The van der Waals surface area contributed by atoms with Crippen LogP contribution in [0.4, 0.5) is 4.39 Å². The fraction of sp³-hybridized carbons (Fsp3) is 0.818. The van der Waals surface area contributed by atoms with Gasteiger partial charge in [0.25, 0.3) is 0 Å². The van der Waals surface area contributed by atoms with E-state index in [-0.39, 0.29) is 6.67 Å². The van der Waals surface area contributed by atoms with Gasteiger partial charge in [-0.2, -0.15) is 0 Å². The third-order valence-electron chi connectivity index (χ3n) is 3.31. The number of rotatable bonds is 5. The molecule has 1 saturated carbocycles. The third-order valence-corrected chi connectivity index (χ3v) is 3.31. The van der Waals surface area contributed by atoms with Crippen LogP contribution in [0.2, 0.25) is 0 Å². The van der Waals surface area contributed by atoms with Gasteiger partial charge in [0.1, 0.15) is 0 Å². The minimum atomic E-state index is -0.191. The van der Waals surface area contributed by atoms with Gasteiger partial charge in [0.15, 0.2) is 0 Å². The first-order chi connectivity index (χ1) is 6.40. The largest absolute Gasteiger partial charge is 0.316 e. The Morgan fingerprint density at radius 3 is 2.85 bits per heavy atom. The molecule has 0 aliphatic heterocycles. The van der Waals surface area contributed by atoms with Gasteiger partial charge in [-0.25, -0.2) is 0 Å². The Morgan fingerprint density at radius 1 is 1.31 bits per heavy atom. The third kappa shape index (κ3) is 2.11. The summed E-state index contributed by atoms with van der Waals surface area (Å²) < 4.78 is 11.8. The molecule has 0 aromatic rings. The van der Waals surface area contributed by atoms with Crippen LogP contribution in [0.15, 0.2) is 12.2 Å². The molecule has 0 amide bonds. The van der Waals surface area contributed by atoms with Crippen LogP contribution in [-0.4, -0.2) is 19.8 Å². The monoisotopic (exact) mass is 183 g/mol. The number of allylic oxidation sites excluding steroid dienone is 2. The molecule has 1 N–H and O–H groups in total. The molecule has 3 unspecified atom stereocenters. The zero-order chi connectivity index (χ0) is 9.10. The molecule has 2 rings (SSSR count). The Kier molecular flexibility index (Phi) is 2.99. The maximum atomic E-state index is 11.8. The number of fused-ring (bicyclic) bond motifs is 2. The molecular weight excluding hydrogens is 165 g/mol. The molecule has 0 aromatic heterocycles. The number of hydrogen-bond donors (Lipinski definition) is 1. The molecule has 0 aromatic carbocycles. The molecule has 0 spiro atoms. The Labute approximate surface area is 79.4 Å². The van der Waals surface area contributed by atoms with Crippen LogP contribution >= 0.6 is 0 Å². The van der Waals surface area contributed by atoms with Gasteiger partial charge in [0.2, 0.25) is 0 Å². The van der Waals surface area contributed by atoms with Crippen molar-refractivity contribution < 1.29 is 4.39 Å². The van der Waals surface area contributed by atoms with Crippen molar-refractivity contribution in [3.05, 3.63) is 12.2 Å². The Balaban J connectivity index is 1.64. The standard InChI is InChI=1S/C11H18FN/c12-4-1-5-13-8-11-7-9-2-3-10(11)6-9/h2-3,9-11,13H,1,4-8H2. The predicted octanol–water partition coefficient (Wildman–Crippen LogP) is 2.15. The van der Waals surface area contributed by atoms with Gasteiger partial charge in [-0.15, -0.1) is 0 Å². The van der Waals surface area contributed by atoms with Gasteiger partial charge in [0, 0.05) is 0 Å². The van der Waals surface area contributed by atoms with Crippen LogP contribution in [0, 0.1) is 17.8 Å². The average Bonchev–Trinajstić information content (AvgIpc) is 2.73. The molecule has 13 heavy (non-hydrogen) atoms. The van der Waals surface area contributed by atoms with E-state index < -0.39 is 0 Å². The van der Waals surface area contributed by atoms with Crippen LogP contribution < -0.4 is 5.32 Å². The van der Waals surface area contributed by atoms with Gasteiger partial charge < -0.3 is 5.32 Å². The zero-order valence-electron chi connectivity index (χ0n) is 8.01. The maximum Gasteiger partial charge on any atom is 0.0906 e. The van der Waals surface area contributed by atoms with Gasteiger partial charge >= 0.3 is 0 Å². The predicted molar refractivity (Wildman–Crippen MR) is 52.3 cm³/mol. The number of alkyl halides is 1. The molecular formula is C11H18FN. The first kappa shape index (κ1) is 9.20. The SMILES string of the molecule is FCCCNCC1CC2C=CC1C2. The smallest absolute Gasteiger partial charge is 0.0906 e. The van der Waals surface area contributed by atoms with Crippen molar-refractivity contribution in [1.29, 1.82) is 0 Å². The summed E-state index contributed by atoms with van der Waals surface area (Å²) in [6, 6.07) is 0. The lowest BCUT2D eigenvalue weighted by atomic mass is 9.94. The summed E-state index contributed by atoms with van der Waals surface area (Å²) in [4.78, 5) is 0. The summed E-state index contributed by atoms with van der Waals surface area (Å²) in [5.74, 6) is 2.51. The lowest BCUT2D eigenvalue weighted by molar-refractivity contribution is 0.398. The molecule has 1 fully saturated rings. The first-order valence-corrected chi connectivity index (χ1v) is 5.35. The molecule has 2 bridgehead atoms. The fourth-order valence-electron chi connectivity index (χ4n) is 2.61. The van der Waals surface area contributed by atoms with Crippen LogP contribution in [0.5, 0.6) is 0 Å². The van der Waals surface area contributed by atoms with E-state index in [2.05, 4.69) is 17.5 Å². The molecule has 0 saturated heterocycles. The molecule has 2 aliphatic rings. The normalized spacial score (nSPS) is 35.9. The minimum absolute atomic E-state index is 0.191. The fourth-order valence-corrected chi connectivity index (χ4v) is 2.61. The molecule has 2 heteroatoms. The van der Waals surface area contributed by atoms with E-state index >= 15 is 0 Å². The zero-order valence-corrected chi connectivity index (χ0v) is 8.01. The second kappa shape index (κ2) is 4.23. The van der Waals surface area contributed by atoms with Gasteiger partial charge in [-0.3, -0.25) is 4.39 Å². The van der Waals surface area contributed by atoms with E-state index in [1.807, 2.05) is 0 Å². The van der Waals surface area contributed by atoms with Gasteiger partial charge in [0.05, 0.1) is 6.67 Å². The summed E-state index contributed by atoms with van der Waals surface area (Å²) in [7, 11) is 0. The highest BCUT2D eigenvalue weighted by atomic mass is 19.1. The summed E-state index contributed by atoms with van der Waals surface area (Å²) >= 11 is 0. The van der Waals surface area contributed by atoms with Crippen LogP contribution in [-0.2, 0) is 0 Å². The lowest BCUT2D eigenvalue weighted by Gasteiger charge is -2.18. The maximum absolute atomic E-state index is 11.8. The van der Waals surface area contributed by atoms with Crippen LogP contribution in [0.3, 0.4) is 0 Å². The summed E-state index contributed by atoms with van der Waals surface area (Å²) in [6.07, 6.45) is 8.12. The minimum Gasteiger partial charge on any atom is -0.316 e. The van der Waals surface area contributed by atoms with E-state index in [1.165, 1.54) is 12.8 Å². The Bertz CT molecular complexity index is 191. The summed E-state index contributed by atoms with van der Waals surface area (Å²) in [5, 5.41) is 3.34. The van der Waals surface area contributed by atoms with E-state index in [0.29, 0.717) is 6.42 Å². The van der Waals surface area contributed by atoms with Crippen molar-refractivity contribution in [1.82, 2.24) is 5.32 Å². The van der Waals surface area contributed by atoms with Crippen molar-refractivity contribution in [2.24, 2.45) is 17.8 Å². The molecule has 74 valence electrons. The number of halogens is 1. The Hall–Kier alpha value is -0.370. The molecule has 0 radical (unpaired) electrons. The van der Waals surface area contributed by atoms with Crippen LogP contribution in [0.1, 0.15) is 19.3 Å². The Morgan fingerprint density at radius 2 is 2.23 bits per heavy atom. The topological polar surface area (TPSA) is 12.0 Å². The summed E-state index contributed by atoms with van der Waals surface area (Å²) in [5.41, 5.74) is 0. The van der Waals surface area contributed by atoms with Crippen molar-refractivity contribution in [2.45, 2.75) is 19.3 Å². The lowest BCUT2D eigenvalue weighted by Crippen LogP contribution is -2.26. The van der Waals surface area contributed by atoms with Gasteiger partial charge in [-0.1, -0.05) is 12.2 Å². The second-order valence-electron chi connectivity index (χ2n) is 4.29. The number of nitrogens with one attached hydrogen (secondary N) is 1. The molecule has 0 heterocycles. The van der Waals surface area contributed by atoms with Crippen molar-refractivity contribution in [3.8, 4) is 0 Å². The van der Waals surface area contributed by atoms with Crippen LogP contribution in [0.25, 0.3) is 0 Å². The average molecular weight is 183 g/mol. The van der Waals surface area contributed by atoms with E-state index in [9.17, 15) is 4.39 Å². The highest BCUT2D eigenvalue weighted by Crippen LogP contribution is 2.42. The molecule has 2 aliphatic carbocycles. The highest BCUT2D eigenvalue weighted by molar-refractivity contribution is 5.10. The molecule has 3 atom stereocenters. The van der Waals surface area contributed by atoms with E-state index in [1.54, 1.807) is 0 Å². The van der Waals surface area contributed by atoms with Crippen molar-refractivity contribution in [3.63, 3.8) is 0 Å². The van der Waals surface area contributed by atoms with E-state index in [0.717, 1.165) is 30.8 Å². The summed E-state index contributed by atoms with van der Waals surface area (Å²) in [6.45, 7) is 1.74.